The third kappa shape index (κ3) is 13.8. The number of ketones is 1. The van der Waals surface area contributed by atoms with E-state index in [0.29, 0.717) is 10.3 Å². The van der Waals surface area contributed by atoms with Crippen molar-refractivity contribution in [2.24, 2.45) is 0 Å². The van der Waals surface area contributed by atoms with Crippen molar-refractivity contribution in [3.8, 4) is 0 Å². The first-order valence-electron chi connectivity index (χ1n) is 19.5. The summed E-state index contributed by atoms with van der Waals surface area (Å²) in [6.07, 6.45) is 19.8. The Labute approximate surface area is 348 Å². The zero-order valence-electron chi connectivity index (χ0n) is 32.6. The zero-order valence-corrected chi connectivity index (χ0v) is 41.8. The Morgan fingerprint density at radius 1 is 0.784 bits per heavy atom. The van der Waals surface area contributed by atoms with Gasteiger partial charge in [0.15, 0.2) is 5.78 Å². The van der Waals surface area contributed by atoms with Gasteiger partial charge < -0.3 is 4.74 Å². The van der Waals surface area contributed by atoms with Crippen molar-refractivity contribution >= 4 is 101 Å². The van der Waals surface area contributed by atoms with Crippen LogP contribution < -0.4 is 0 Å². The predicted molar refractivity (Wildman–Crippen MR) is 235 cm³/mol. The van der Waals surface area contributed by atoms with Gasteiger partial charge in [-0.25, -0.2) is 0 Å². The van der Waals surface area contributed by atoms with Gasteiger partial charge in [-0.05, 0) is 109 Å². The number of ether oxygens (including phenoxy) is 2. The molecule has 0 N–H and O–H groups in total. The number of halogens is 3. The van der Waals surface area contributed by atoms with Crippen LogP contribution in [0, 0.1) is 0 Å². The summed E-state index contributed by atoms with van der Waals surface area (Å²) in [5.74, 6) is -0.145. The van der Waals surface area contributed by atoms with Gasteiger partial charge in [0, 0.05) is 0 Å². The maximum Gasteiger partial charge on any atom is 0.316 e. The third-order valence-corrected chi connectivity index (χ3v) is 30.3. The number of methoxy groups -OCH3 is 1. The van der Waals surface area contributed by atoms with Gasteiger partial charge in [-0.1, -0.05) is 45.4 Å². The summed E-state index contributed by atoms with van der Waals surface area (Å²) in [6, 6.07) is 4.15. The molecule has 2 aliphatic rings. The molecule has 0 aliphatic heterocycles. The average molecular weight is 1040 g/mol. The van der Waals surface area contributed by atoms with E-state index in [4.69, 9.17) is 9.47 Å². The number of esters is 1. The maximum absolute atomic E-state index is 12.3. The normalized spacial score (nSPS) is 16.6. The second-order valence-electron chi connectivity index (χ2n) is 14.8. The van der Waals surface area contributed by atoms with Crippen LogP contribution in [0.3, 0.4) is 0 Å². The monoisotopic (exact) mass is 1040 g/mol. The van der Waals surface area contributed by atoms with Gasteiger partial charge in [-0.15, -0.1) is 22.7 Å². The first kappa shape index (κ1) is 47.5. The number of carbonyl (C=O) groups excluding carboxylic acids is 2. The molecule has 51 heavy (non-hydrogen) atoms. The zero-order chi connectivity index (χ0) is 38.1. The van der Waals surface area contributed by atoms with Gasteiger partial charge in [0.05, 0.1) is 28.8 Å². The summed E-state index contributed by atoms with van der Waals surface area (Å²) < 4.78 is 20.0. The molecular formula is C41H65Br3O4S2Sn. The molecule has 4 nitrogen and oxygen atoms in total. The summed E-state index contributed by atoms with van der Waals surface area (Å²) in [7, 11) is 1.44. The van der Waals surface area contributed by atoms with Crippen molar-refractivity contribution in [2.75, 3.05) is 13.7 Å². The van der Waals surface area contributed by atoms with Gasteiger partial charge in [-0.2, -0.15) is 0 Å². The molecule has 0 amide bonds. The van der Waals surface area contributed by atoms with Crippen molar-refractivity contribution in [3.63, 3.8) is 0 Å². The van der Waals surface area contributed by atoms with Crippen LogP contribution in [0.2, 0.25) is 13.3 Å². The first-order valence-corrected chi connectivity index (χ1v) is 31.0. The SMILES string of the molecule is C=[C](OCC)[Sn]([CH2]CCC)([CH2]CCC)[CH2]CCC.CC1(c2cc(Br)sc2Br)CCCCC1.COC(=O)C1(c2cc(C(C)=O)sc2Br)CCCCC1. The van der Waals surface area contributed by atoms with Crippen LogP contribution in [-0.2, 0) is 25.1 Å². The first-order chi connectivity index (χ1) is 24.3. The smallest absolute Gasteiger partial charge is 0.316 e. The number of Topliss-reactive ketones (excluding diaryl/α,β-unsaturated/α-hetero) is 1. The molecule has 2 saturated carbocycles. The quantitative estimate of drug-likeness (QED) is 0.0728. The molecule has 0 bridgehead atoms. The van der Waals surface area contributed by atoms with Crippen LogP contribution in [0.25, 0.3) is 0 Å². The molecule has 0 atom stereocenters. The number of unbranched alkanes of at least 4 members (excludes halogenated alkanes) is 3. The fourth-order valence-corrected chi connectivity index (χ4v) is 27.6. The van der Waals surface area contributed by atoms with Crippen LogP contribution in [0.4, 0.5) is 0 Å². The van der Waals surface area contributed by atoms with E-state index < -0.39 is 23.8 Å². The minimum atomic E-state index is -2.24. The molecule has 0 aromatic carbocycles. The molecule has 0 saturated heterocycles. The minimum absolute atomic E-state index is 0.0350. The van der Waals surface area contributed by atoms with Gasteiger partial charge >= 0.3 is 126 Å². The number of hydrogen-bond donors (Lipinski definition) is 0. The van der Waals surface area contributed by atoms with Gasteiger partial charge in [0.2, 0.25) is 0 Å². The van der Waals surface area contributed by atoms with Crippen molar-refractivity contribution in [2.45, 2.75) is 168 Å². The Morgan fingerprint density at radius 2 is 1.27 bits per heavy atom. The van der Waals surface area contributed by atoms with Crippen LogP contribution in [0.15, 0.2) is 33.8 Å². The third-order valence-electron chi connectivity index (χ3n) is 11.0. The second-order valence-corrected chi connectivity index (χ2v) is 34.1. The molecule has 10 heteroatoms. The summed E-state index contributed by atoms with van der Waals surface area (Å²) >= 11 is 11.7. The van der Waals surface area contributed by atoms with Crippen molar-refractivity contribution < 1.29 is 19.1 Å². The van der Waals surface area contributed by atoms with Gasteiger partial charge in [0.1, 0.15) is 0 Å². The molecule has 0 radical (unpaired) electrons. The largest absolute Gasteiger partial charge is 0.468 e. The Morgan fingerprint density at radius 3 is 1.67 bits per heavy atom. The summed E-state index contributed by atoms with van der Waals surface area (Å²) in [4.78, 5) is 24.5. The number of rotatable bonds is 16. The molecule has 2 heterocycles. The van der Waals surface area contributed by atoms with E-state index >= 15 is 0 Å². The Kier molecular flexibility index (Phi) is 22.4. The fourth-order valence-electron chi connectivity index (χ4n) is 7.82. The predicted octanol–water partition coefficient (Wildman–Crippen LogP) is 15.5. The van der Waals surface area contributed by atoms with Crippen LogP contribution in [0.1, 0.15) is 165 Å². The standard InChI is InChI=1S/C14H17BrO3S.C11H14Br2S.C4H7O.3C4H9.Sn/c1-9(16)11-8-10(12(15)19-11)14(13(17)18-2)6-4-3-5-7-14;1-11(5-3-2-4-6-11)8-7-9(12)14-10(8)13;1-3-5-4-2;3*1-3-4-2;/h8H,3-7H2,1-2H3;7H,2-6H2,1H3;1,4H2,2H3;3*1,3-4H2,2H3;. The Balaban J connectivity index is 0.000000268. The maximum atomic E-state index is 12.3. The van der Waals surface area contributed by atoms with Crippen molar-refractivity contribution in [1.82, 2.24) is 0 Å². The van der Waals surface area contributed by atoms with Crippen LogP contribution in [0.5, 0.6) is 0 Å². The van der Waals surface area contributed by atoms with E-state index in [1.165, 1.54) is 119 Å². The van der Waals surface area contributed by atoms with Crippen molar-refractivity contribution in [1.29, 1.82) is 0 Å². The molecule has 0 spiro atoms. The van der Waals surface area contributed by atoms with Crippen molar-refractivity contribution in [3.05, 3.63) is 49.9 Å². The summed E-state index contributed by atoms with van der Waals surface area (Å²) in [5.41, 5.74) is 2.28. The van der Waals surface area contributed by atoms with Gasteiger partial charge in [-0.3, -0.25) is 9.59 Å². The van der Waals surface area contributed by atoms with E-state index in [-0.39, 0.29) is 11.8 Å². The molecule has 4 rings (SSSR count). The Bertz CT molecular complexity index is 1340. The molecule has 290 valence electrons. The molecule has 0 unspecified atom stereocenters. The second kappa shape index (κ2) is 24.1. The van der Waals surface area contributed by atoms with E-state index in [1.807, 2.05) is 6.07 Å². The number of thiophene rings is 2. The number of carbonyl (C=O) groups is 2. The van der Waals surface area contributed by atoms with Gasteiger partial charge in [0.25, 0.3) is 0 Å². The molecule has 2 fully saturated rings. The molecule has 2 aliphatic carbocycles. The molecule has 2 aromatic rings. The topological polar surface area (TPSA) is 52.6 Å². The van der Waals surface area contributed by atoms with E-state index in [9.17, 15) is 9.59 Å². The summed E-state index contributed by atoms with van der Waals surface area (Å²) in [6.45, 7) is 18.1. The molecule has 2 aromatic heterocycles. The van der Waals surface area contributed by atoms with E-state index in [2.05, 4.69) is 95.1 Å². The van der Waals surface area contributed by atoms with E-state index in [0.717, 1.165) is 48.1 Å². The summed E-state index contributed by atoms with van der Waals surface area (Å²) in [5, 5.41) is 0. The fraction of sp³-hybridized carbons (Fsp3) is 0.707. The average Bonchev–Trinajstić information content (AvgIpc) is 3.70. The Hall–Kier alpha value is 0.319. The molecular weight excluding hydrogens is 979 g/mol. The van der Waals surface area contributed by atoms with Crippen LogP contribution in [-0.4, -0.2) is 43.8 Å². The van der Waals surface area contributed by atoms with Crippen LogP contribution >= 0.6 is 70.5 Å². The van der Waals surface area contributed by atoms with E-state index in [1.54, 1.807) is 18.3 Å². The number of hydrogen-bond acceptors (Lipinski definition) is 6. The minimum Gasteiger partial charge on any atom is -0.468 e.